The molecular formula is C6H12NO3. The van der Waals surface area contributed by atoms with Crippen LogP contribution in [0.15, 0.2) is 0 Å². The summed E-state index contributed by atoms with van der Waals surface area (Å²) in [5, 5.41) is 19.1. The Morgan fingerprint density at radius 3 is 2.60 bits per heavy atom. The van der Waals surface area contributed by atoms with E-state index in [0.717, 1.165) is 12.8 Å². The number of hydrogen-bond acceptors (Lipinski definition) is 2. The number of hydroxylamine groups is 2. The van der Waals surface area contributed by atoms with Crippen molar-refractivity contribution in [2.75, 3.05) is 13.2 Å². The number of carbonyl (C=O) groups is 1. The van der Waals surface area contributed by atoms with Gasteiger partial charge >= 0.3 is 0 Å². The SMILES string of the molecule is CCCCN(O)C(=O)C[O]. The maximum atomic E-state index is 10.4. The molecule has 0 aromatic carbocycles. The summed E-state index contributed by atoms with van der Waals surface area (Å²) in [5.74, 6) is -0.756. The van der Waals surface area contributed by atoms with Gasteiger partial charge in [-0.1, -0.05) is 13.3 Å². The number of nitrogens with zero attached hydrogens (tertiary/aromatic N) is 1. The van der Waals surface area contributed by atoms with Gasteiger partial charge in [0.15, 0.2) is 6.61 Å². The van der Waals surface area contributed by atoms with Gasteiger partial charge in [0.2, 0.25) is 0 Å². The van der Waals surface area contributed by atoms with Crippen LogP contribution in [0.25, 0.3) is 0 Å². The topological polar surface area (TPSA) is 60.4 Å². The summed E-state index contributed by atoms with van der Waals surface area (Å²) in [4.78, 5) is 10.4. The van der Waals surface area contributed by atoms with E-state index in [-0.39, 0.29) is 6.54 Å². The molecule has 0 saturated heterocycles. The fraction of sp³-hybridized carbons (Fsp3) is 0.833. The molecule has 0 unspecified atom stereocenters. The van der Waals surface area contributed by atoms with E-state index in [1.807, 2.05) is 6.92 Å². The molecule has 0 aromatic rings. The van der Waals surface area contributed by atoms with Gasteiger partial charge in [-0.3, -0.25) is 10.0 Å². The Bertz CT molecular complexity index is 105. The average molecular weight is 146 g/mol. The number of unbranched alkanes of at least 4 members (excludes halogenated alkanes) is 1. The second kappa shape index (κ2) is 5.20. The van der Waals surface area contributed by atoms with Crippen LogP contribution in [0.3, 0.4) is 0 Å². The first-order valence-electron chi connectivity index (χ1n) is 3.29. The van der Waals surface area contributed by atoms with Gasteiger partial charge in [-0.25, -0.2) is 10.2 Å². The van der Waals surface area contributed by atoms with Gasteiger partial charge in [0, 0.05) is 6.54 Å². The summed E-state index contributed by atoms with van der Waals surface area (Å²) in [5.41, 5.74) is 0. The number of rotatable bonds is 4. The lowest BCUT2D eigenvalue weighted by atomic mass is 10.3. The molecule has 0 saturated carbocycles. The van der Waals surface area contributed by atoms with Gasteiger partial charge in [-0.15, -0.1) is 0 Å². The largest absolute Gasteiger partial charge is 0.286 e. The summed E-state index contributed by atoms with van der Waals surface area (Å²) < 4.78 is 0. The third kappa shape index (κ3) is 3.42. The molecule has 4 nitrogen and oxygen atoms in total. The lowest BCUT2D eigenvalue weighted by molar-refractivity contribution is -0.170. The average Bonchev–Trinajstić information content (AvgIpc) is 1.98. The van der Waals surface area contributed by atoms with Crippen molar-refractivity contribution in [3.63, 3.8) is 0 Å². The van der Waals surface area contributed by atoms with Crippen molar-refractivity contribution in [3.8, 4) is 0 Å². The van der Waals surface area contributed by atoms with Crippen LogP contribution in [0.5, 0.6) is 0 Å². The first kappa shape index (κ1) is 9.39. The molecule has 0 aliphatic carbocycles. The monoisotopic (exact) mass is 146 g/mol. The number of carbonyl (C=O) groups excluding carboxylic acids is 1. The van der Waals surface area contributed by atoms with Crippen molar-refractivity contribution < 1.29 is 15.1 Å². The molecule has 10 heavy (non-hydrogen) atoms. The molecule has 1 N–H and O–H groups in total. The van der Waals surface area contributed by atoms with Crippen molar-refractivity contribution in [3.05, 3.63) is 0 Å². The predicted molar refractivity (Wildman–Crippen MR) is 34.0 cm³/mol. The minimum Gasteiger partial charge on any atom is -0.286 e. The molecule has 0 fully saturated rings. The summed E-state index contributed by atoms with van der Waals surface area (Å²) in [6.45, 7) is 1.33. The van der Waals surface area contributed by atoms with Crippen LogP contribution in [0.1, 0.15) is 19.8 Å². The molecule has 0 rings (SSSR count). The highest BCUT2D eigenvalue weighted by atomic mass is 16.5. The van der Waals surface area contributed by atoms with Crippen LogP contribution in [-0.2, 0) is 9.90 Å². The summed E-state index contributed by atoms with van der Waals surface area (Å²) in [6, 6.07) is 0. The molecule has 0 aliphatic heterocycles. The summed E-state index contributed by atoms with van der Waals surface area (Å²) in [6.07, 6.45) is 1.62. The molecule has 1 amide bonds. The lowest BCUT2D eigenvalue weighted by Gasteiger charge is -2.11. The predicted octanol–water partition coefficient (Wildman–Crippen LogP) is 0.435. The van der Waals surface area contributed by atoms with Crippen LogP contribution >= 0.6 is 0 Å². The highest BCUT2D eigenvalue weighted by molar-refractivity contribution is 5.75. The Labute approximate surface area is 60.0 Å². The Kier molecular flexibility index (Phi) is 4.88. The smallest absolute Gasteiger partial charge is 0.275 e. The van der Waals surface area contributed by atoms with E-state index in [9.17, 15) is 9.90 Å². The van der Waals surface area contributed by atoms with Crippen LogP contribution in [0.2, 0.25) is 0 Å². The Morgan fingerprint density at radius 1 is 1.60 bits per heavy atom. The maximum Gasteiger partial charge on any atom is 0.275 e. The van der Waals surface area contributed by atoms with Crippen LogP contribution < -0.4 is 0 Å². The van der Waals surface area contributed by atoms with E-state index < -0.39 is 12.5 Å². The lowest BCUT2D eigenvalue weighted by Crippen LogP contribution is -2.30. The Balaban J connectivity index is 3.41. The zero-order valence-electron chi connectivity index (χ0n) is 6.04. The molecule has 0 aliphatic rings. The molecular weight excluding hydrogens is 134 g/mol. The molecule has 0 bridgehead atoms. The molecule has 0 atom stereocenters. The molecule has 0 spiro atoms. The van der Waals surface area contributed by atoms with Crippen molar-refractivity contribution >= 4 is 5.91 Å². The molecule has 4 heteroatoms. The zero-order valence-corrected chi connectivity index (χ0v) is 6.04. The standard InChI is InChI=1S/C6H12NO3/c1-2-3-4-7(10)6(9)5-8/h10H,2-5H2,1H3. The minimum absolute atomic E-state index is 0.261. The zero-order chi connectivity index (χ0) is 7.98. The van der Waals surface area contributed by atoms with Crippen molar-refractivity contribution in [1.29, 1.82) is 0 Å². The molecule has 0 aromatic heterocycles. The van der Waals surface area contributed by atoms with Crippen LogP contribution in [0, 0.1) is 0 Å². The third-order valence-electron chi connectivity index (χ3n) is 1.13. The number of hydrogen-bond donors (Lipinski definition) is 1. The van der Waals surface area contributed by atoms with Crippen molar-refractivity contribution in [2.24, 2.45) is 0 Å². The Hall–Kier alpha value is -0.610. The van der Waals surface area contributed by atoms with E-state index in [2.05, 4.69) is 0 Å². The normalized spacial score (nSPS) is 9.50. The van der Waals surface area contributed by atoms with E-state index in [1.54, 1.807) is 0 Å². The van der Waals surface area contributed by atoms with Gasteiger partial charge < -0.3 is 0 Å². The summed E-state index contributed by atoms with van der Waals surface area (Å²) >= 11 is 0. The minimum atomic E-state index is -0.875. The van der Waals surface area contributed by atoms with Crippen molar-refractivity contribution in [1.82, 2.24) is 5.06 Å². The van der Waals surface area contributed by atoms with Crippen LogP contribution in [-0.4, -0.2) is 29.3 Å². The second-order valence-electron chi connectivity index (χ2n) is 2.01. The highest BCUT2D eigenvalue weighted by Crippen LogP contribution is 1.90. The van der Waals surface area contributed by atoms with Gasteiger partial charge in [-0.05, 0) is 6.42 Å². The first-order chi connectivity index (χ1) is 4.72. The molecule has 1 radical (unpaired) electrons. The molecule has 0 heterocycles. The van der Waals surface area contributed by atoms with E-state index in [4.69, 9.17) is 5.21 Å². The summed E-state index contributed by atoms with van der Waals surface area (Å²) in [7, 11) is 0. The quantitative estimate of drug-likeness (QED) is 0.462. The van der Waals surface area contributed by atoms with Gasteiger partial charge in [0.05, 0.1) is 0 Å². The first-order valence-corrected chi connectivity index (χ1v) is 3.29. The van der Waals surface area contributed by atoms with E-state index in [1.165, 1.54) is 0 Å². The molecule has 59 valence electrons. The maximum absolute atomic E-state index is 10.4. The van der Waals surface area contributed by atoms with E-state index >= 15 is 0 Å². The second-order valence-corrected chi connectivity index (χ2v) is 2.01. The third-order valence-corrected chi connectivity index (χ3v) is 1.13. The highest BCUT2D eigenvalue weighted by Gasteiger charge is 2.07. The fourth-order valence-corrected chi connectivity index (χ4v) is 0.507. The van der Waals surface area contributed by atoms with Gasteiger partial charge in [0.1, 0.15) is 0 Å². The van der Waals surface area contributed by atoms with E-state index in [0.29, 0.717) is 5.06 Å². The van der Waals surface area contributed by atoms with Gasteiger partial charge in [0.25, 0.3) is 5.91 Å². The van der Waals surface area contributed by atoms with Crippen molar-refractivity contribution in [2.45, 2.75) is 19.8 Å². The number of amides is 1. The fourth-order valence-electron chi connectivity index (χ4n) is 0.507. The van der Waals surface area contributed by atoms with Crippen LogP contribution in [0.4, 0.5) is 0 Å². The van der Waals surface area contributed by atoms with Gasteiger partial charge in [-0.2, -0.15) is 0 Å². The Morgan fingerprint density at radius 2 is 2.20 bits per heavy atom.